The van der Waals surface area contributed by atoms with Gasteiger partial charge < -0.3 is 10.2 Å². The van der Waals surface area contributed by atoms with Gasteiger partial charge in [-0.15, -0.1) is 35.3 Å². The summed E-state index contributed by atoms with van der Waals surface area (Å²) in [7, 11) is -1.84. The van der Waals surface area contributed by atoms with Gasteiger partial charge in [-0.3, -0.25) is 4.99 Å². The Morgan fingerprint density at radius 1 is 1.50 bits per heavy atom. The molecule has 0 spiro atoms. The first-order chi connectivity index (χ1) is 10.8. The average Bonchev–Trinajstić information content (AvgIpc) is 2.97. The van der Waals surface area contributed by atoms with E-state index < -0.39 is 10.0 Å². The molecular weight excluding hydrogens is 479 g/mol. The zero-order chi connectivity index (χ0) is 17.0. The molecule has 2 heterocycles. The topological polar surface area (TPSA) is 87.8 Å². The van der Waals surface area contributed by atoms with Crippen molar-refractivity contribution in [3.63, 3.8) is 0 Å². The molecule has 1 aromatic rings. The van der Waals surface area contributed by atoms with Crippen LogP contribution in [0.1, 0.15) is 18.7 Å². The number of rotatable bonds is 4. The highest BCUT2D eigenvalue weighted by atomic mass is 127. The van der Waals surface area contributed by atoms with Crippen molar-refractivity contribution >= 4 is 63.1 Å². The smallest absolute Gasteiger partial charge is 0.247 e. The maximum absolute atomic E-state index is 11.3. The summed E-state index contributed by atoms with van der Waals surface area (Å²) in [5.74, 6) is 2.59. The molecule has 1 unspecified atom stereocenters. The Kier molecular flexibility index (Phi) is 8.80. The number of guanidine groups is 1. The number of hydrogen-bond donors (Lipinski definition) is 2. The Morgan fingerprint density at radius 2 is 2.21 bits per heavy atom. The van der Waals surface area contributed by atoms with Crippen molar-refractivity contribution in [1.82, 2.24) is 10.2 Å². The molecule has 0 aromatic carbocycles. The van der Waals surface area contributed by atoms with Crippen molar-refractivity contribution in [3.8, 4) is 0 Å². The molecule has 6 nitrogen and oxygen atoms in total. The number of thiophene rings is 1. The molecule has 3 N–H and O–H groups in total. The summed E-state index contributed by atoms with van der Waals surface area (Å²) in [6.07, 6.45) is 0. The summed E-state index contributed by atoms with van der Waals surface area (Å²) in [5, 5.41) is 9.07. The summed E-state index contributed by atoms with van der Waals surface area (Å²) in [6, 6.07) is 3.33. The van der Waals surface area contributed by atoms with Crippen molar-refractivity contribution in [1.29, 1.82) is 0 Å². The summed E-state index contributed by atoms with van der Waals surface area (Å²) in [4.78, 5) is 7.55. The number of nitrogens with two attached hydrogens (primary N) is 1. The average molecular weight is 504 g/mol. The largest absolute Gasteiger partial charge is 0.351 e. The Hall–Kier alpha value is -0.0400. The molecule has 2 rings (SSSR count). The van der Waals surface area contributed by atoms with E-state index in [1.807, 2.05) is 11.8 Å². The third-order valence-electron chi connectivity index (χ3n) is 3.69. The van der Waals surface area contributed by atoms with Crippen LogP contribution < -0.4 is 10.5 Å². The number of hydrogen-bond acceptors (Lipinski definition) is 5. The standard InChI is InChI=1S/C14H24N4O2S3.HI/c1-10(2)12-9-18(6-7-21-12)14(16-3)17-8-11-4-5-13(22-11)23(15,19)20;/h4-5,10,12H,6-9H2,1-3H3,(H,16,17)(H2,15,19,20);1H. The molecule has 0 aliphatic carbocycles. The van der Waals surface area contributed by atoms with Gasteiger partial charge in [-0.05, 0) is 18.1 Å². The van der Waals surface area contributed by atoms with Crippen molar-refractivity contribution in [3.05, 3.63) is 17.0 Å². The van der Waals surface area contributed by atoms with E-state index in [9.17, 15) is 8.42 Å². The van der Waals surface area contributed by atoms with Crippen LogP contribution in [-0.2, 0) is 16.6 Å². The fourth-order valence-corrected chi connectivity index (χ4v) is 5.39. The van der Waals surface area contributed by atoms with Crippen molar-refractivity contribution in [2.75, 3.05) is 25.9 Å². The monoisotopic (exact) mass is 504 g/mol. The van der Waals surface area contributed by atoms with E-state index in [1.165, 1.54) is 11.3 Å². The summed E-state index contributed by atoms with van der Waals surface area (Å²) >= 11 is 3.21. The predicted octanol–water partition coefficient (Wildman–Crippen LogP) is 2.16. The molecule has 0 bridgehead atoms. The lowest BCUT2D eigenvalue weighted by molar-refractivity contribution is 0.381. The molecule has 1 aliphatic heterocycles. The molecule has 1 aliphatic rings. The predicted molar refractivity (Wildman–Crippen MR) is 114 cm³/mol. The third-order valence-corrected chi connectivity index (χ3v) is 7.75. The lowest BCUT2D eigenvalue weighted by Gasteiger charge is -2.36. The maximum atomic E-state index is 11.3. The van der Waals surface area contributed by atoms with Gasteiger partial charge in [-0.1, -0.05) is 13.8 Å². The van der Waals surface area contributed by atoms with Gasteiger partial charge in [0.1, 0.15) is 4.21 Å². The van der Waals surface area contributed by atoms with E-state index in [1.54, 1.807) is 19.2 Å². The summed E-state index contributed by atoms with van der Waals surface area (Å²) < 4.78 is 22.8. The molecule has 1 fully saturated rings. The number of sulfonamides is 1. The summed E-state index contributed by atoms with van der Waals surface area (Å²) in [5.41, 5.74) is 0. The van der Waals surface area contributed by atoms with Crippen molar-refractivity contribution in [2.24, 2.45) is 16.0 Å². The van der Waals surface area contributed by atoms with E-state index in [4.69, 9.17) is 5.14 Å². The molecule has 0 radical (unpaired) electrons. The molecule has 1 aromatic heterocycles. The van der Waals surface area contributed by atoms with Crippen LogP contribution >= 0.6 is 47.1 Å². The van der Waals surface area contributed by atoms with E-state index in [-0.39, 0.29) is 28.2 Å². The first-order valence-corrected chi connectivity index (χ1v) is 10.9. The maximum Gasteiger partial charge on any atom is 0.247 e. The minimum atomic E-state index is -3.62. The van der Waals surface area contributed by atoms with E-state index in [0.29, 0.717) is 17.7 Å². The minimum Gasteiger partial charge on any atom is -0.351 e. The second-order valence-electron chi connectivity index (χ2n) is 5.77. The van der Waals surface area contributed by atoms with E-state index >= 15 is 0 Å². The number of thioether (sulfide) groups is 1. The Morgan fingerprint density at radius 3 is 2.75 bits per heavy atom. The fourth-order valence-electron chi connectivity index (χ4n) is 2.38. The fraction of sp³-hybridized carbons (Fsp3) is 0.643. The molecule has 1 saturated heterocycles. The Balaban J connectivity index is 0.00000288. The molecular formula is C14H25IN4O2S3. The molecule has 0 saturated carbocycles. The van der Waals surface area contributed by atoms with Gasteiger partial charge in [-0.25, -0.2) is 13.6 Å². The SMILES string of the molecule is CN=C(NCc1ccc(S(N)(=O)=O)s1)N1CCSC(C(C)C)C1.I. The van der Waals surface area contributed by atoms with Gasteiger partial charge in [0.25, 0.3) is 0 Å². The van der Waals surface area contributed by atoms with Gasteiger partial charge in [0.15, 0.2) is 5.96 Å². The Labute approximate surface area is 169 Å². The van der Waals surface area contributed by atoms with Crippen molar-refractivity contribution in [2.45, 2.75) is 29.9 Å². The zero-order valence-corrected chi connectivity index (χ0v) is 18.8. The number of nitrogens with zero attached hydrogens (tertiary/aromatic N) is 2. The molecule has 10 heteroatoms. The van der Waals surface area contributed by atoms with Gasteiger partial charge >= 0.3 is 0 Å². The van der Waals surface area contributed by atoms with Gasteiger partial charge in [0.2, 0.25) is 10.0 Å². The Bertz CT molecular complexity index is 661. The van der Waals surface area contributed by atoms with Crippen molar-refractivity contribution < 1.29 is 8.42 Å². The lowest BCUT2D eigenvalue weighted by atomic mass is 10.1. The van der Waals surface area contributed by atoms with Crippen LogP contribution in [0.2, 0.25) is 0 Å². The van der Waals surface area contributed by atoms with Crippen LogP contribution in [0.15, 0.2) is 21.3 Å². The highest BCUT2D eigenvalue weighted by molar-refractivity contribution is 14.0. The van der Waals surface area contributed by atoms with Gasteiger partial charge in [0, 0.05) is 36.0 Å². The quantitative estimate of drug-likeness (QED) is 0.373. The van der Waals surface area contributed by atoms with Crippen LogP contribution in [0.5, 0.6) is 0 Å². The second kappa shape index (κ2) is 9.60. The number of halogens is 1. The van der Waals surface area contributed by atoms with Crippen LogP contribution in [0.25, 0.3) is 0 Å². The molecule has 138 valence electrons. The minimum absolute atomic E-state index is 0. The molecule has 1 atom stereocenters. The van der Waals surface area contributed by atoms with Crippen LogP contribution in [0.4, 0.5) is 0 Å². The van der Waals surface area contributed by atoms with Crippen LogP contribution in [0, 0.1) is 5.92 Å². The van der Waals surface area contributed by atoms with Crippen LogP contribution in [-0.4, -0.2) is 50.4 Å². The second-order valence-corrected chi connectivity index (χ2v) is 10.1. The zero-order valence-electron chi connectivity index (χ0n) is 14.1. The highest BCUT2D eigenvalue weighted by Crippen LogP contribution is 2.25. The first-order valence-electron chi connectivity index (χ1n) is 7.50. The van der Waals surface area contributed by atoms with E-state index in [0.717, 1.165) is 29.7 Å². The first kappa shape index (κ1) is 22.0. The lowest BCUT2D eigenvalue weighted by Crippen LogP contribution is -2.48. The van der Waals surface area contributed by atoms with Gasteiger partial charge in [0.05, 0.1) is 6.54 Å². The summed E-state index contributed by atoms with van der Waals surface area (Å²) in [6.45, 7) is 6.99. The van der Waals surface area contributed by atoms with Gasteiger partial charge in [-0.2, -0.15) is 11.8 Å². The normalized spacial score (nSPS) is 19.3. The number of nitrogens with one attached hydrogen (secondary N) is 1. The number of aliphatic imine (C=N–C) groups is 1. The number of primary sulfonamides is 1. The molecule has 24 heavy (non-hydrogen) atoms. The highest BCUT2D eigenvalue weighted by Gasteiger charge is 2.24. The molecule has 0 amide bonds. The van der Waals surface area contributed by atoms with E-state index in [2.05, 4.69) is 29.1 Å². The van der Waals surface area contributed by atoms with Crippen LogP contribution in [0.3, 0.4) is 0 Å². The third kappa shape index (κ3) is 6.04.